The summed E-state index contributed by atoms with van der Waals surface area (Å²) in [4.78, 5) is 4.57. The minimum Gasteiger partial charge on any atom is -0.327 e. The summed E-state index contributed by atoms with van der Waals surface area (Å²) in [6, 6.07) is 5.65. The van der Waals surface area contributed by atoms with Crippen LogP contribution in [0.2, 0.25) is 5.02 Å². The Hall–Kier alpha value is -0.580. The fraction of sp³-hybridized carbons (Fsp3) is 0.462. The van der Waals surface area contributed by atoms with Gasteiger partial charge in [0.15, 0.2) is 0 Å². The number of aromatic nitrogens is 2. The van der Waals surface area contributed by atoms with Crippen LogP contribution in [0.25, 0.3) is 11.0 Å². The Labute approximate surface area is 125 Å². The van der Waals surface area contributed by atoms with Crippen molar-refractivity contribution in [1.29, 1.82) is 0 Å². The van der Waals surface area contributed by atoms with Gasteiger partial charge >= 0.3 is 0 Å². The van der Waals surface area contributed by atoms with Gasteiger partial charge in [0.05, 0.1) is 11.0 Å². The van der Waals surface area contributed by atoms with Gasteiger partial charge in [-0.3, -0.25) is 4.21 Å². The molecule has 0 aliphatic heterocycles. The molecule has 0 radical (unpaired) electrons. The zero-order valence-electron chi connectivity index (χ0n) is 10.9. The number of nitrogens with zero attached hydrogens (tertiary/aromatic N) is 2. The SMILES string of the molecule is CC(Cn1c(CCCl)nc2cc(Cl)ccc21)S(C)=O. The molecule has 0 aliphatic carbocycles. The molecule has 0 amide bonds. The van der Waals surface area contributed by atoms with Crippen molar-refractivity contribution in [1.82, 2.24) is 9.55 Å². The molecule has 1 heterocycles. The Balaban J connectivity index is 2.48. The van der Waals surface area contributed by atoms with Gasteiger partial charge in [-0.25, -0.2) is 4.98 Å². The van der Waals surface area contributed by atoms with Gasteiger partial charge in [-0.1, -0.05) is 11.6 Å². The molecule has 1 aromatic heterocycles. The fourth-order valence-electron chi connectivity index (χ4n) is 1.99. The number of fused-ring (bicyclic) bond motifs is 1. The van der Waals surface area contributed by atoms with Crippen LogP contribution in [-0.4, -0.2) is 31.1 Å². The van der Waals surface area contributed by atoms with Crippen molar-refractivity contribution in [3.63, 3.8) is 0 Å². The van der Waals surface area contributed by atoms with Gasteiger partial charge < -0.3 is 4.57 Å². The topological polar surface area (TPSA) is 34.9 Å². The van der Waals surface area contributed by atoms with Gasteiger partial charge in [0.1, 0.15) is 5.82 Å². The third-order valence-electron chi connectivity index (χ3n) is 3.11. The molecule has 19 heavy (non-hydrogen) atoms. The largest absolute Gasteiger partial charge is 0.327 e. The highest BCUT2D eigenvalue weighted by Gasteiger charge is 2.15. The van der Waals surface area contributed by atoms with Crippen LogP contribution < -0.4 is 0 Å². The highest BCUT2D eigenvalue weighted by Crippen LogP contribution is 2.22. The first kappa shape index (κ1) is 14.8. The van der Waals surface area contributed by atoms with E-state index in [1.807, 2.05) is 25.1 Å². The molecule has 0 fully saturated rings. The minimum absolute atomic E-state index is 0.0714. The zero-order valence-corrected chi connectivity index (χ0v) is 13.2. The Morgan fingerprint density at radius 2 is 2.21 bits per heavy atom. The van der Waals surface area contributed by atoms with Crippen LogP contribution >= 0.6 is 23.2 Å². The smallest absolute Gasteiger partial charge is 0.111 e. The van der Waals surface area contributed by atoms with Crippen molar-refractivity contribution < 1.29 is 4.21 Å². The lowest BCUT2D eigenvalue weighted by Crippen LogP contribution is -2.19. The predicted molar refractivity (Wildman–Crippen MR) is 82.7 cm³/mol. The Bertz CT molecular complexity index is 612. The third-order valence-corrected chi connectivity index (χ3v) is 4.82. The quantitative estimate of drug-likeness (QED) is 0.793. The summed E-state index contributed by atoms with van der Waals surface area (Å²) in [6.07, 6.45) is 2.42. The van der Waals surface area contributed by atoms with E-state index in [2.05, 4.69) is 9.55 Å². The molecule has 104 valence electrons. The van der Waals surface area contributed by atoms with Gasteiger partial charge in [0.2, 0.25) is 0 Å². The number of halogens is 2. The Morgan fingerprint density at radius 1 is 1.47 bits per heavy atom. The normalized spacial score (nSPS) is 14.7. The fourth-order valence-corrected chi connectivity index (χ4v) is 2.69. The second-order valence-electron chi connectivity index (χ2n) is 4.52. The van der Waals surface area contributed by atoms with Crippen molar-refractivity contribution in [2.45, 2.75) is 25.1 Å². The van der Waals surface area contributed by atoms with E-state index in [1.165, 1.54) is 0 Å². The van der Waals surface area contributed by atoms with Gasteiger partial charge in [-0.2, -0.15) is 0 Å². The van der Waals surface area contributed by atoms with Crippen LogP contribution in [0.4, 0.5) is 0 Å². The molecule has 6 heteroatoms. The second kappa shape index (κ2) is 6.25. The average molecular weight is 319 g/mol. The first-order chi connectivity index (χ1) is 9.02. The minimum atomic E-state index is -0.862. The van der Waals surface area contributed by atoms with Crippen LogP contribution in [0.3, 0.4) is 0 Å². The molecule has 0 N–H and O–H groups in total. The summed E-state index contributed by atoms with van der Waals surface area (Å²) >= 11 is 11.8. The summed E-state index contributed by atoms with van der Waals surface area (Å²) in [7, 11) is -0.862. The highest BCUT2D eigenvalue weighted by atomic mass is 35.5. The van der Waals surface area contributed by atoms with Crippen molar-refractivity contribution in [3.05, 3.63) is 29.0 Å². The molecule has 3 nitrogen and oxygen atoms in total. The maximum absolute atomic E-state index is 11.6. The van der Waals surface area contributed by atoms with Gasteiger partial charge in [-0.05, 0) is 25.1 Å². The van der Waals surface area contributed by atoms with E-state index >= 15 is 0 Å². The molecule has 0 spiro atoms. The number of benzene rings is 1. The van der Waals surface area contributed by atoms with Crippen LogP contribution in [0, 0.1) is 0 Å². The molecule has 0 saturated carbocycles. The molecule has 1 aromatic carbocycles. The molecule has 2 unspecified atom stereocenters. The lowest BCUT2D eigenvalue weighted by Gasteiger charge is -2.13. The molecule has 0 bridgehead atoms. The first-order valence-corrected chi connectivity index (χ1v) is 8.59. The average Bonchev–Trinajstić information content (AvgIpc) is 2.67. The lowest BCUT2D eigenvalue weighted by atomic mass is 10.3. The third kappa shape index (κ3) is 3.30. The van der Waals surface area contributed by atoms with Crippen molar-refractivity contribution >= 4 is 45.0 Å². The summed E-state index contributed by atoms with van der Waals surface area (Å²) < 4.78 is 13.7. The van der Waals surface area contributed by atoms with E-state index in [4.69, 9.17) is 23.2 Å². The first-order valence-electron chi connectivity index (χ1n) is 6.05. The Morgan fingerprint density at radius 3 is 2.84 bits per heavy atom. The molecular weight excluding hydrogens is 303 g/mol. The summed E-state index contributed by atoms with van der Waals surface area (Å²) in [6.45, 7) is 2.65. The van der Waals surface area contributed by atoms with Gasteiger partial charge in [0.25, 0.3) is 0 Å². The van der Waals surface area contributed by atoms with Gasteiger partial charge in [0, 0.05) is 46.2 Å². The molecular formula is C13H16Cl2N2OS. The zero-order chi connectivity index (χ0) is 14.0. The molecule has 0 aliphatic rings. The van der Waals surface area contributed by atoms with Crippen molar-refractivity contribution in [2.24, 2.45) is 0 Å². The molecule has 2 aromatic rings. The number of imidazole rings is 1. The van der Waals surface area contributed by atoms with E-state index in [1.54, 1.807) is 6.26 Å². The van der Waals surface area contributed by atoms with E-state index < -0.39 is 10.8 Å². The summed E-state index contributed by atoms with van der Waals surface area (Å²) in [5.41, 5.74) is 1.88. The number of aryl methyl sites for hydroxylation is 1. The summed E-state index contributed by atoms with van der Waals surface area (Å²) in [5.74, 6) is 1.44. The maximum atomic E-state index is 11.6. The van der Waals surface area contributed by atoms with Crippen LogP contribution in [0.1, 0.15) is 12.7 Å². The van der Waals surface area contributed by atoms with Crippen LogP contribution in [-0.2, 0) is 23.8 Å². The Kier molecular flexibility index (Phi) is 4.87. The predicted octanol–water partition coefficient (Wildman–Crippen LogP) is 3.24. The van der Waals surface area contributed by atoms with Crippen LogP contribution in [0.5, 0.6) is 0 Å². The molecule has 2 rings (SSSR count). The molecule has 0 saturated heterocycles. The monoisotopic (exact) mass is 318 g/mol. The number of hydrogen-bond donors (Lipinski definition) is 0. The number of alkyl halides is 1. The number of hydrogen-bond acceptors (Lipinski definition) is 2. The van der Waals surface area contributed by atoms with Crippen molar-refractivity contribution in [2.75, 3.05) is 12.1 Å². The van der Waals surface area contributed by atoms with E-state index in [0.29, 0.717) is 23.9 Å². The van der Waals surface area contributed by atoms with E-state index in [-0.39, 0.29) is 5.25 Å². The van der Waals surface area contributed by atoms with Gasteiger partial charge in [-0.15, -0.1) is 11.6 Å². The molecule has 2 atom stereocenters. The highest BCUT2D eigenvalue weighted by molar-refractivity contribution is 7.84. The summed E-state index contributed by atoms with van der Waals surface area (Å²) in [5, 5.41) is 0.740. The second-order valence-corrected chi connectivity index (χ2v) is 7.14. The maximum Gasteiger partial charge on any atom is 0.111 e. The number of rotatable bonds is 5. The van der Waals surface area contributed by atoms with Crippen LogP contribution in [0.15, 0.2) is 18.2 Å². The lowest BCUT2D eigenvalue weighted by molar-refractivity contribution is 0.635. The van der Waals surface area contributed by atoms with E-state index in [9.17, 15) is 4.21 Å². The van der Waals surface area contributed by atoms with E-state index in [0.717, 1.165) is 16.9 Å². The van der Waals surface area contributed by atoms with Crippen molar-refractivity contribution in [3.8, 4) is 0 Å². The standard InChI is InChI=1S/C13H16Cl2N2OS/c1-9(19(2)18)8-17-12-4-3-10(15)7-11(12)16-13(17)5-6-14/h3-4,7,9H,5-6,8H2,1-2H3.